The van der Waals surface area contributed by atoms with Gasteiger partial charge in [0.15, 0.2) is 0 Å². The van der Waals surface area contributed by atoms with E-state index in [1.807, 2.05) is 0 Å². The van der Waals surface area contributed by atoms with Gasteiger partial charge in [-0.2, -0.15) is 13.2 Å². The van der Waals surface area contributed by atoms with Gasteiger partial charge in [0.25, 0.3) is 0 Å². The smallest absolute Gasteiger partial charge is 0.350 e. The predicted molar refractivity (Wildman–Crippen MR) is 63.7 cm³/mol. The van der Waals surface area contributed by atoms with E-state index in [0.29, 0.717) is 6.04 Å². The Morgan fingerprint density at radius 2 is 2.05 bits per heavy atom. The van der Waals surface area contributed by atoms with Crippen LogP contribution in [-0.4, -0.2) is 40.0 Å². The van der Waals surface area contributed by atoms with Crippen LogP contribution in [0.3, 0.4) is 0 Å². The van der Waals surface area contributed by atoms with Crippen LogP contribution >= 0.6 is 0 Å². The Morgan fingerprint density at radius 3 is 2.74 bits per heavy atom. The fourth-order valence-corrected chi connectivity index (χ4v) is 2.45. The largest absolute Gasteiger partial charge is 0.433 e. The Kier molecular flexibility index (Phi) is 3.08. The van der Waals surface area contributed by atoms with Crippen LogP contribution in [0.25, 0.3) is 0 Å². The molecule has 4 nitrogen and oxygen atoms in total. The fourth-order valence-electron chi connectivity index (χ4n) is 2.45. The average Bonchev–Trinajstić information content (AvgIpc) is 3.10. The van der Waals surface area contributed by atoms with Crippen LogP contribution in [0.2, 0.25) is 0 Å². The number of hydrogen-bond acceptors (Lipinski definition) is 4. The first-order valence-electron chi connectivity index (χ1n) is 6.43. The van der Waals surface area contributed by atoms with E-state index in [1.54, 1.807) is 0 Å². The molecule has 19 heavy (non-hydrogen) atoms. The second-order valence-electron chi connectivity index (χ2n) is 5.12. The highest BCUT2D eigenvalue weighted by atomic mass is 19.4. The normalized spacial score (nSPS) is 24.7. The average molecular weight is 272 g/mol. The number of anilines is 1. The highest BCUT2D eigenvalue weighted by Crippen LogP contribution is 2.31. The number of halogens is 3. The summed E-state index contributed by atoms with van der Waals surface area (Å²) in [4.78, 5) is 9.77. The minimum absolute atomic E-state index is 0.0671. The fraction of sp³-hybridized carbons (Fsp3) is 0.667. The summed E-state index contributed by atoms with van der Waals surface area (Å²) in [5.41, 5.74) is -0.901. The summed E-state index contributed by atoms with van der Waals surface area (Å²) in [6.45, 7) is 1.87. The first-order chi connectivity index (χ1) is 9.02. The molecule has 0 amide bonds. The summed E-state index contributed by atoms with van der Waals surface area (Å²) in [6.07, 6.45) is 0.135. The summed E-state index contributed by atoms with van der Waals surface area (Å²) in [5.74, 6) is 0.0671. The van der Waals surface area contributed by atoms with Crippen molar-refractivity contribution in [2.24, 2.45) is 0 Å². The van der Waals surface area contributed by atoms with E-state index in [-0.39, 0.29) is 12.0 Å². The van der Waals surface area contributed by atoms with E-state index in [2.05, 4.69) is 20.2 Å². The number of rotatable bonds is 3. The zero-order valence-corrected chi connectivity index (χ0v) is 10.3. The Morgan fingerprint density at radius 1 is 1.26 bits per heavy atom. The van der Waals surface area contributed by atoms with E-state index in [9.17, 15) is 13.2 Å². The highest BCUT2D eigenvalue weighted by Gasteiger charge is 2.35. The van der Waals surface area contributed by atoms with Gasteiger partial charge in [-0.1, -0.05) is 0 Å². The van der Waals surface area contributed by atoms with Crippen molar-refractivity contribution in [3.63, 3.8) is 0 Å². The molecule has 2 heterocycles. The van der Waals surface area contributed by atoms with Gasteiger partial charge in [0, 0.05) is 31.4 Å². The minimum atomic E-state index is -4.42. The molecular weight excluding hydrogens is 257 g/mol. The van der Waals surface area contributed by atoms with E-state index in [0.717, 1.165) is 31.8 Å². The third-order valence-corrected chi connectivity index (χ3v) is 3.56. The number of nitrogens with one attached hydrogen (secondary N) is 1. The van der Waals surface area contributed by atoms with Crippen LogP contribution in [0.5, 0.6) is 0 Å². The van der Waals surface area contributed by atoms with Gasteiger partial charge in [-0.05, 0) is 25.3 Å². The van der Waals surface area contributed by atoms with Gasteiger partial charge in [0.05, 0.1) is 0 Å². The van der Waals surface area contributed by atoms with Gasteiger partial charge < -0.3 is 5.32 Å². The molecule has 1 aromatic rings. The molecule has 1 saturated carbocycles. The molecule has 1 N–H and O–H groups in total. The van der Waals surface area contributed by atoms with Crippen molar-refractivity contribution in [3.05, 3.63) is 18.0 Å². The zero-order valence-electron chi connectivity index (χ0n) is 10.3. The van der Waals surface area contributed by atoms with E-state index in [1.165, 1.54) is 12.8 Å². The monoisotopic (exact) mass is 272 g/mol. The first-order valence-corrected chi connectivity index (χ1v) is 6.43. The van der Waals surface area contributed by atoms with Crippen molar-refractivity contribution in [3.8, 4) is 0 Å². The molecule has 2 aliphatic rings. The van der Waals surface area contributed by atoms with Crippen molar-refractivity contribution in [2.45, 2.75) is 37.5 Å². The van der Waals surface area contributed by atoms with Crippen LogP contribution in [-0.2, 0) is 6.18 Å². The van der Waals surface area contributed by atoms with Gasteiger partial charge in [0.1, 0.15) is 5.69 Å². The molecule has 1 atom stereocenters. The van der Waals surface area contributed by atoms with Gasteiger partial charge >= 0.3 is 6.18 Å². The molecule has 0 aromatic carbocycles. The Balaban J connectivity index is 1.63. The minimum Gasteiger partial charge on any atom is -0.350 e. The van der Waals surface area contributed by atoms with Gasteiger partial charge in [-0.3, -0.25) is 4.90 Å². The molecule has 1 aromatic heterocycles. The summed E-state index contributed by atoms with van der Waals surface area (Å²) < 4.78 is 37.6. The zero-order chi connectivity index (χ0) is 13.5. The van der Waals surface area contributed by atoms with Gasteiger partial charge in [0.2, 0.25) is 5.95 Å². The SMILES string of the molecule is FC(F)(F)c1ccnc(NC2CCN(C3CC3)C2)n1. The molecule has 7 heteroatoms. The molecule has 0 bridgehead atoms. The van der Waals surface area contributed by atoms with Crippen molar-refractivity contribution in [1.82, 2.24) is 14.9 Å². The molecule has 1 aliphatic heterocycles. The lowest BCUT2D eigenvalue weighted by atomic mass is 10.3. The molecule has 1 saturated heterocycles. The molecule has 1 aliphatic carbocycles. The van der Waals surface area contributed by atoms with Crippen molar-refractivity contribution >= 4 is 5.95 Å². The lowest BCUT2D eigenvalue weighted by molar-refractivity contribution is -0.141. The second kappa shape index (κ2) is 4.63. The molecule has 0 spiro atoms. The topological polar surface area (TPSA) is 41.1 Å². The van der Waals surface area contributed by atoms with E-state index >= 15 is 0 Å². The predicted octanol–water partition coefficient (Wildman–Crippen LogP) is 2.14. The molecular formula is C12H15F3N4. The summed E-state index contributed by atoms with van der Waals surface area (Å²) >= 11 is 0. The van der Waals surface area contributed by atoms with Gasteiger partial charge in [-0.15, -0.1) is 0 Å². The summed E-state index contributed by atoms with van der Waals surface area (Å²) in [6, 6.07) is 1.72. The maximum absolute atomic E-state index is 12.5. The summed E-state index contributed by atoms with van der Waals surface area (Å²) in [7, 11) is 0. The van der Waals surface area contributed by atoms with Crippen molar-refractivity contribution < 1.29 is 13.2 Å². The summed E-state index contributed by atoms with van der Waals surface area (Å²) in [5, 5.41) is 3.00. The maximum atomic E-state index is 12.5. The Bertz CT molecular complexity index is 459. The van der Waals surface area contributed by atoms with Crippen LogP contribution in [0, 0.1) is 0 Å². The first kappa shape index (κ1) is 12.7. The number of likely N-dealkylation sites (tertiary alicyclic amines) is 1. The Labute approximate surface area is 109 Å². The molecule has 1 unspecified atom stereocenters. The van der Waals surface area contributed by atoms with Crippen molar-refractivity contribution in [2.75, 3.05) is 18.4 Å². The number of aromatic nitrogens is 2. The van der Waals surface area contributed by atoms with Crippen LogP contribution < -0.4 is 5.32 Å². The lowest BCUT2D eigenvalue weighted by Gasteiger charge is -2.16. The maximum Gasteiger partial charge on any atom is 0.433 e. The lowest BCUT2D eigenvalue weighted by Crippen LogP contribution is -2.28. The second-order valence-corrected chi connectivity index (χ2v) is 5.12. The quantitative estimate of drug-likeness (QED) is 0.915. The van der Waals surface area contributed by atoms with Crippen molar-refractivity contribution in [1.29, 1.82) is 0 Å². The van der Waals surface area contributed by atoms with Crippen LogP contribution in [0.15, 0.2) is 12.3 Å². The van der Waals surface area contributed by atoms with Crippen LogP contribution in [0.1, 0.15) is 25.0 Å². The van der Waals surface area contributed by atoms with Gasteiger partial charge in [-0.25, -0.2) is 9.97 Å². The third-order valence-electron chi connectivity index (χ3n) is 3.56. The van der Waals surface area contributed by atoms with E-state index < -0.39 is 11.9 Å². The third kappa shape index (κ3) is 2.97. The number of alkyl halides is 3. The Hall–Kier alpha value is -1.37. The molecule has 2 fully saturated rings. The standard InChI is InChI=1S/C12H15F3N4/c13-12(14,15)10-3-5-16-11(18-10)17-8-4-6-19(7-8)9-1-2-9/h3,5,8-9H,1-2,4,6-7H2,(H,16,17,18). The molecule has 3 rings (SSSR count). The van der Waals surface area contributed by atoms with E-state index in [4.69, 9.17) is 0 Å². The van der Waals surface area contributed by atoms with Crippen LogP contribution in [0.4, 0.5) is 19.1 Å². The number of nitrogens with zero attached hydrogens (tertiary/aromatic N) is 3. The number of hydrogen-bond donors (Lipinski definition) is 1. The molecule has 0 radical (unpaired) electrons. The molecule has 104 valence electrons. The highest BCUT2D eigenvalue weighted by molar-refractivity contribution is 5.28.